The number of nitrogens with zero attached hydrogens (tertiary/aromatic N) is 3. The van der Waals surface area contributed by atoms with E-state index in [1.54, 1.807) is 0 Å². The van der Waals surface area contributed by atoms with Crippen molar-refractivity contribution in [2.24, 2.45) is 0 Å². The SMILES string of the molecule is [2H]c1cc(-c2nc([2H])c([2H])n2-c2c(C([2H])(C)C([2H])([2H])[2H])c([2H])c([2H])c(-c3c([2H])c([2H])c([2H])c([2H])c3[2H])c2C([2H])(C)C([2H])([2H])[2H])c([2H])c([N+]#[C-])c1[2H]. The van der Waals surface area contributed by atoms with Crippen molar-refractivity contribution < 1.29 is 27.4 Å². The third kappa shape index (κ3) is 3.90. The molecule has 2 unspecified atom stereocenters. The Morgan fingerprint density at radius 3 is 2.58 bits per heavy atom. The van der Waals surface area contributed by atoms with Crippen LogP contribution in [0.25, 0.3) is 33.0 Å². The Hall–Kier alpha value is -3.64. The van der Waals surface area contributed by atoms with E-state index < -0.39 is 143 Å². The van der Waals surface area contributed by atoms with E-state index in [0.717, 1.165) is 19.9 Å². The number of rotatable bonds is 5. The Morgan fingerprint density at radius 1 is 1.03 bits per heavy atom. The first-order valence-corrected chi connectivity index (χ1v) is 8.89. The summed E-state index contributed by atoms with van der Waals surface area (Å²) >= 11 is 0. The van der Waals surface area contributed by atoms with Crippen LogP contribution in [0.4, 0.5) is 5.69 Å². The fourth-order valence-corrected chi connectivity index (χ4v) is 3.03. The maximum Gasteiger partial charge on any atom is 0.187 e. The van der Waals surface area contributed by atoms with Crippen LogP contribution in [-0.4, -0.2) is 9.55 Å². The summed E-state index contributed by atoms with van der Waals surface area (Å²) in [4.78, 5) is 7.09. The van der Waals surface area contributed by atoms with Gasteiger partial charge in [0.25, 0.3) is 0 Å². The van der Waals surface area contributed by atoms with Crippen LogP contribution in [-0.2, 0) is 0 Å². The molecule has 4 aromatic rings. The summed E-state index contributed by atoms with van der Waals surface area (Å²) in [5, 5.41) is 0. The van der Waals surface area contributed by atoms with Crippen LogP contribution >= 0.6 is 0 Å². The lowest BCUT2D eigenvalue weighted by molar-refractivity contribution is 0.808. The van der Waals surface area contributed by atoms with Crippen molar-refractivity contribution in [2.45, 2.75) is 39.3 Å². The molecular formula is C28H27N3. The number of hydrogen-bond donors (Lipinski definition) is 0. The molecule has 1 aromatic heterocycles. The molecule has 0 bridgehead atoms. The highest BCUT2D eigenvalue weighted by atomic mass is 15.1. The predicted octanol–water partition coefficient (Wildman–Crippen LogP) is 8.00. The van der Waals surface area contributed by atoms with E-state index in [-0.39, 0.29) is 0 Å². The lowest BCUT2D eigenvalue weighted by Crippen LogP contribution is -2.09. The number of hydrogen-bond acceptors (Lipinski definition) is 1. The highest BCUT2D eigenvalue weighted by Crippen LogP contribution is 2.40. The Morgan fingerprint density at radius 2 is 1.84 bits per heavy atom. The zero-order valence-corrected chi connectivity index (χ0v) is 16.4. The summed E-state index contributed by atoms with van der Waals surface area (Å²) in [5.74, 6) is -6.81. The van der Waals surface area contributed by atoms with E-state index in [4.69, 9.17) is 32.6 Å². The zero-order chi connectivity index (χ0) is 39.2. The van der Waals surface area contributed by atoms with E-state index in [0.29, 0.717) is 4.57 Å². The maximum absolute atomic E-state index is 9.30. The topological polar surface area (TPSA) is 22.2 Å². The van der Waals surface area contributed by atoms with Crippen molar-refractivity contribution in [2.75, 3.05) is 0 Å². The molecule has 0 radical (unpaired) electrons. The second-order valence-electron chi connectivity index (χ2n) is 6.38. The number of aromatic nitrogens is 2. The van der Waals surface area contributed by atoms with Crippen molar-refractivity contribution in [3.63, 3.8) is 0 Å². The molecule has 3 aromatic carbocycles. The Bertz CT molecular complexity index is 2140. The summed E-state index contributed by atoms with van der Waals surface area (Å²) < 4.78 is 171. The van der Waals surface area contributed by atoms with Crippen LogP contribution in [0.15, 0.2) is 78.8 Å². The van der Waals surface area contributed by atoms with Crippen LogP contribution in [0.1, 0.15) is 77.9 Å². The van der Waals surface area contributed by atoms with Gasteiger partial charge in [-0.3, -0.25) is 4.57 Å². The summed E-state index contributed by atoms with van der Waals surface area (Å²) in [6.07, 6.45) is -1.94. The van der Waals surface area contributed by atoms with Gasteiger partial charge in [0.2, 0.25) is 0 Å². The van der Waals surface area contributed by atoms with Gasteiger partial charge in [0.1, 0.15) is 5.82 Å². The third-order valence-corrected chi connectivity index (χ3v) is 4.31. The molecular weight excluding hydrogens is 378 g/mol. The molecule has 154 valence electrons. The van der Waals surface area contributed by atoms with E-state index in [9.17, 15) is 1.37 Å². The first-order chi connectivity index (χ1) is 23.1. The molecule has 0 aliphatic heterocycles. The molecule has 3 heteroatoms. The molecule has 0 aliphatic carbocycles. The van der Waals surface area contributed by atoms with Crippen LogP contribution in [0.5, 0.6) is 0 Å². The summed E-state index contributed by atoms with van der Waals surface area (Å²) in [7, 11) is 0. The average molecular weight is 426 g/mol. The minimum absolute atomic E-state index is 0.516. The van der Waals surface area contributed by atoms with Gasteiger partial charge in [0.05, 0.1) is 26.0 Å². The minimum Gasteiger partial charge on any atom is -0.299 e. The molecule has 31 heavy (non-hydrogen) atoms. The molecule has 0 fully saturated rings. The number of imidazole rings is 1. The highest BCUT2D eigenvalue weighted by molar-refractivity contribution is 5.76. The summed E-state index contributed by atoms with van der Waals surface area (Å²) in [5.41, 5.74) is -5.97. The monoisotopic (exact) mass is 425 g/mol. The van der Waals surface area contributed by atoms with E-state index in [1.165, 1.54) is 0 Å². The smallest absolute Gasteiger partial charge is 0.187 e. The van der Waals surface area contributed by atoms with Crippen molar-refractivity contribution in [1.29, 1.82) is 0 Å². The average Bonchev–Trinajstić information content (AvgIpc) is 3.30. The number of benzene rings is 3. The highest BCUT2D eigenvalue weighted by Gasteiger charge is 2.22. The molecule has 2 atom stereocenters. The van der Waals surface area contributed by atoms with Gasteiger partial charge in [-0.2, -0.15) is 0 Å². The van der Waals surface area contributed by atoms with Gasteiger partial charge in [-0.1, -0.05) is 88.0 Å². The molecule has 0 saturated heterocycles. The van der Waals surface area contributed by atoms with Gasteiger partial charge in [-0.05, 0) is 40.1 Å². The zero-order valence-electron chi connectivity index (χ0n) is 36.4. The van der Waals surface area contributed by atoms with Gasteiger partial charge in [-0.25, -0.2) is 9.83 Å². The molecule has 0 aliphatic rings. The third-order valence-electron chi connectivity index (χ3n) is 4.31. The van der Waals surface area contributed by atoms with Gasteiger partial charge >= 0.3 is 0 Å². The fourth-order valence-electron chi connectivity index (χ4n) is 3.03. The molecule has 1 heterocycles. The first-order valence-electron chi connectivity index (χ1n) is 18.9. The van der Waals surface area contributed by atoms with Crippen molar-refractivity contribution in [3.8, 4) is 28.2 Å². The van der Waals surface area contributed by atoms with Crippen LogP contribution in [0.3, 0.4) is 0 Å². The van der Waals surface area contributed by atoms with E-state index in [1.807, 2.05) is 0 Å². The Labute approximate surface area is 212 Å². The van der Waals surface area contributed by atoms with Gasteiger partial charge in [0.15, 0.2) is 5.69 Å². The van der Waals surface area contributed by atoms with Crippen LogP contribution < -0.4 is 0 Å². The van der Waals surface area contributed by atoms with Gasteiger partial charge < -0.3 is 0 Å². The van der Waals surface area contributed by atoms with Crippen molar-refractivity contribution in [3.05, 3.63) is 101 Å². The normalized spacial score (nSPS) is 24.9. The molecule has 4 rings (SSSR count). The molecule has 0 N–H and O–H groups in total. The van der Waals surface area contributed by atoms with Crippen molar-refractivity contribution >= 4 is 5.69 Å². The van der Waals surface area contributed by atoms with Crippen molar-refractivity contribution in [1.82, 2.24) is 9.55 Å². The quantitative estimate of drug-likeness (QED) is 0.297. The maximum atomic E-state index is 9.30. The molecule has 0 saturated carbocycles. The molecule has 0 spiro atoms. The van der Waals surface area contributed by atoms with E-state index in [2.05, 4.69) is 9.83 Å². The first kappa shape index (κ1) is 7.50. The minimum atomic E-state index is -3.47. The Kier molecular flexibility index (Phi) is 2.08. The Balaban J connectivity index is 2.56. The second-order valence-corrected chi connectivity index (χ2v) is 6.38. The van der Waals surface area contributed by atoms with E-state index >= 15 is 0 Å². The lowest BCUT2D eigenvalue weighted by Gasteiger charge is -2.25. The summed E-state index contributed by atoms with van der Waals surface area (Å²) in [6.45, 7) is 2.17. The lowest BCUT2D eigenvalue weighted by atomic mass is 9.86. The summed E-state index contributed by atoms with van der Waals surface area (Å²) in [6, 6.07) is -8.28. The standard InChI is InChI=1S/C28H27N3/c1-19(2)24-14-15-25(21-10-7-6-8-11-21)26(20(3)4)27(24)31-17-16-30-28(31)22-12-9-13-23(18-22)29-5/h6-20H,1-4H3/i1D3,3D3,6D,7D,8D,9D,10D,11D,13D,14D,15D,16D,17D,18D,19D,20D. The van der Waals surface area contributed by atoms with Crippen LogP contribution in [0, 0.1) is 6.57 Å². The molecule has 3 nitrogen and oxygen atoms in total. The van der Waals surface area contributed by atoms with Crippen LogP contribution in [0.2, 0.25) is 0 Å². The molecule has 0 amide bonds. The van der Waals surface area contributed by atoms with Gasteiger partial charge in [-0.15, -0.1) is 0 Å². The van der Waals surface area contributed by atoms with Gasteiger partial charge in [0, 0.05) is 31.6 Å². The fraction of sp³-hybridized carbons (Fsp3) is 0.214. The second kappa shape index (κ2) is 8.62. The largest absolute Gasteiger partial charge is 0.299 e. The predicted molar refractivity (Wildman–Crippen MR) is 129 cm³/mol.